The maximum Gasteiger partial charge on any atom is 0.237 e. The van der Waals surface area contributed by atoms with Crippen LogP contribution in [0.3, 0.4) is 0 Å². The Bertz CT molecular complexity index is 274. The molecule has 0 aromatic heterocycles. The predicted octanol–water partition coefficient (Wildman–Crippen LogP) is 0.992. The van der Waals surface area contributed by atoms with E-state index in [0.717, 1.165) is 25.9 Å². The number of ether oxygens (including phenoxy) is 1. The normalized spacial score (nSPS) is 21.6. The van der Waals surface area contributed by atoms with Gasteiger partial charge >= 0.3 is 0 Å². The van der Waals surface area contributed by atoms with E-state index in [2.05, 4.69) is 15.5 Å². The number of hydrogen-bond donors (Lipinski definition) is 2. The highest BCUT2D eigenvalue weighted by atomic mass is 16.5. The highest BCUT2D eigenvalue weighted by Gasteiger charge is 2.29. The summed E-state index contributed by atoms with van der Waals surface area (Å²) in [6, 6.07) is 0.510. The summed E-state index contributed by atoms with van der Waals surface area (Å²) in [7, 11) is 3.67. The zero-order chi connectivity index (χ0) is 14.8. The number of methoxy groups -OCH3 is 1. The van der Waals surface area contributed by atoms with Crippen LogP contribution >= 0.6 is 0 Å². The van der Waals surface area contributed by atoms with Crippen LogP contribution in [0.15, 0.2) is 0 Å². The summed E-state index contributed by atoms with van der Waals surface area (Å²) < 4.78 is 4.99. The lowest BCUT2D eigenvalue weighted by Crippen LogP contribution is -2.52. The fraction of sp³-hybridized carbons (Fsp3) is 0.933. The van der Waals surface area contributed by atoms with Crippen LogP contribution in [-0.2, 0) is 9.53 Å². The van der Waals surface area contributed by atoms with Crippen molar-refractivity contribution < 1.29 is 9.53 Å². The number of likely N-dealkylation sites (tertiary alicyclic amines) is 1. The van der Waals surface area contributed by atoms with E-state index < -0.39 is 0 Å². The van der Waals surface area contributed by atoms with Gasteiger partial charge in [0.25, 0.3) is 0 Å². The van der Waals surface area contributed by atoms with Crippen molar-refractivity contribution in [2.24, 2.45) is 0 Å². The minimum atomic E-state index is -0.0281. The Labute approximate surface area is 123 Å². The minimum Gasteiger partial charge on any atom is -0.385 e. The van der Waals surface area contributed by atoms with Crippen molar-refractivity contribution in [2.45, 2.75) is 51.1 Å². The van der Waals surface area contributed by atoms with Gasteiger partial charge in [-0.25, -0.2) is 0 Å². The van der Waals surface area contributed by atoms with Gasteiger partial charge in [-0.05, 0) is 52.7 Å². The average molecular weight is 285 g/mol. The van der Waals surface area contributed by atoms with Gasteiger partial charge in [-0.15, -0.1) is 0 Å². The highest BCUT2D eigenvalue weighted by Crippen LogP contribution is 2.21. The quantitative estimate of drug-likeness (QED) is 0.620. The zero-order valence-corrected chi connectivity index (χ0v) is 13.3. The van der Waals surface area contributed by atoms with Gasteiger partial charge in [-0.3, -0.25) is 9.69 Å². The van der Waals surface area contributed by atoms with Crippen LogP contribution in [0.25, 0.3) is 0 Å². The van der Waals surface area contributed by atoms with Crippen LogP contribution in [0.4, 0.5) is 0 Å². The number of hydrogen-bond acceptors (Lipinski definition) is 4. The molecule has 2 atom stereocenters. The molecule has 5 heteroatoms. The first-order valence-electron chi connectivity index (χ1n) is 7.87. The second-order valence-electron chi connectivity index (χ2n) is 5.59. The van der Waals surface area contributed by atoms with Gasteiger partial charge in [0.1, 0.15) is 0 Å². The monoisotopic (exact) mass is 285 g/mol. The maximum atomic E-state index is 12.2. The van der Waals surface area contributed by atoms with Gasteiger partial charge < -0.3 is 15.4 Å². The van der Waals surface area contributed by atoms with E-state index in [-0.39, 0.29) is 11.9 Å². The lowest BCUT2D eigenvalue weighted by Gasteiger charge is -2.39. The van der Waals surface area contributed by atoms with Crippen LogP contribution in [0.2, 0.25) is 0 Å². The fourth-order valence-electron chi connectivity index (χ4n) is 2.88. The number of nitrogens with one attached hydrogen (secondary N) is 2. The molecule has 1 heterocycles. The van der Waals surface area contributed by atoms with E-state index in [1.165, 1.54) is 19.3 Å². The lowest BCUT2D eigenvalue weighted by molar-refractivity contribution is -0.127. The summed E-state index contributed by atoms with van der Waals surface area (Å²) >= 11 is 0. The second kappa shape index (κ2) is 10.1. The molecule has 1 fully saturated rings. The predicted molar refractivity (Wildman–Crippen MR) is 81.9 cm³/mol. The molecule has 0 spiro atoms. The van der Waals surface area contributed by atoms with Crippen LogP contribution in [0.5, 0.6) is 0 Å². The van der Waals surface area contributed by atoms with Crippen LogP contribution in [0.1, 0.15) is 39.0 Å². The topological polar surface area (TPSA) is 53.6 Å². The van der Waals surface area contributed by atoms with Gasteiger partial charge in [0, 0.05) is 26.3 Å². The third kappa shape index (κ3) is 5.77. The van der Waals surface area contributed by atoms with E-state index in [4.69, 9.17) is 4.74 Å². The van der Waals surface area contributed by atoms with Crippen LogP contribution < -0.4 is 10.6 Å². The highest BCUT2D eigenvalue weighted by molar-refractivity contribution is 5.81. The molecular formula is C15H31N3O2. The van der Waals surface area contributed by atoms with Gasteiger partial charge in [-0.2, -0.15) is 0 Å². The molecule has 1 aliphatic rings. The summed E-state index contributed by atoms with van der Waals surface area (Å²) in [5.74, 6) is 0.150. The van der Waals surface area contributed by atoms with Gasteiger partial charge in [0.05, 0.1) is 6.04 Å². The fourth-order valence-corrected chi connectivity index (χ4v) is 2.88. The van der Waals surface area contributed by atoms with Crippen molar-refractivity contribution in [1.82, 2.24) is 15.5 Å². The average Bonchev–Trinajstić information content (AvgIpc) is 2.49. The smallest absolute Gasteiger partial charge is 0.237 e. The number of piperidine rings is 1. The Morgan fingerprint density at radius 3 is 2.90 bits per heavy atom. The summed E-state index contributed by atoms with van der Waals surface area (Å²) in [5.41, 5.74) is 0. The number of nitrogens with zero attached hydrogens (tertiary/aromatic N) is 1. The van der Waals surface area contributed by atoms with E-state index in [9.17, 15) is 4.79 Å². The van der Waals surface area contributed by atoms with E-state index in [1.54, 1.807) is 7.11 Å². The molecule has 2 N–H and O–H groups in total. The maximum absolute atomic E-state index is 12.2. The third-order valence-electron chi connectivity index (χ3n) is 4.10. The van der Waals surface area contributed by atoms with Crippen molar-refractivity contribution in [3.8, 4) is 0 Å². The minimum absolute atomic E-state index is 0.0281. The van der Waals surface area contributed by atoms with Gasteiger partial charge in [-0.1, -0.05) is 6.42 Å². The van der Waals surface area contributed by atoms with E-state index in [1.807, 2.05) is 14.0 Å². The van der Waals surface area contributed by atoms with Gasteiger partial charge in [0.2, 0.25) is 5.91 Å². The zero-order valence-electron chi connectivity index (χ0n) is 13.3. The molecule has 1 rings (SSSR count). The third-order valence-corrected chi connectivity index (χ3v) is 4.10. The molecule has 0 bridgehead atoms. The molecule has 0 aromatic rings. The van der Waals surface area contributed by atoms with Crippen LogP contribution in [0, 0.1) is 0 Å². The SMILES string of the molecule is CNCCC1CCCCN1C(C)C(=O)NCCCOC. The molecule has 1 aliphatic heterocycles. The standard InChI is InChI=1S/C15H31N3O2/c1-13(15(19)17-9-6-12-20-3)18-11-5-4-7-14(18)8-10-16-2/h13-14,16H,4-12H2,1-3H3,(H,17,19). The molecule has 20 heavy (non-hydrogen) atoms. The number of carbonyl (C=O) groups is 1. The Morgan fingerprint density at radius 2 is 2.20 bits per heavy atom. The first kappa shape index (κ1) is 17.4. The van der Waals surface area contributed by atoms with E-state index in [0.29, 0.717) is 19.2 Å². The second-order valence-corrected chi connectivity index (χ2v) is 5.59. The first-order chi connectivity index (χ1) is 9.70. The number of rotatable bonds is 9. The van der Waals surface area contributed by atoms with Crippen molar-refractivity contribution in [3.05, 3.63) is 0 Å². The van der Waals surface area contributed by atoms with Crippen molar-refractivity contribution >= 4 is 5.91 Å². The lowest BCUT2D eigenvalue weighted by atomic mass is 9.97. The molecular weight excluding hydrogens is 254 g/mol. The molecule has 0 aromatic carbocycles. The summed E-state index contributed by atoms with van der Waals surface area (Å²) in [5, 5.41) is 6.23. The van der Waals surface area contributed by atoms with Crippen molar-refractivity contribution in [2.75, 3.05) is 40.4 Å². The van der Waals surface area contributed by atoms with E-state index >= 15 is 0 Å². The summed E-state index contributed by atoms with van der Waals surface area (Å²) in [6.07, 6.45) is 5.70. The van der Waals surface area contributed by atoms with Gasteiger partial charge in [0.15, 0.2) is 0 Å². The Balaban J connectivity index is 2.40. The molecule has 2 unspecified atom stereocenters. The number of amides is 1. The largest absolute Gasteiger partial charge is 0.385 e. The van der Waals surface area contributed by atoms with Crippen molar-refractivity contribution in [3.63, 3.8) is 0 Å². The number of carbonyl (C=O) groups excluding carboxylic acids is 1. The molecule has 5 nitrogen and oxygen atoms in total. The van der Waals surface area contributed by atoms with Crippen molar-refractivity contribution in [1.29, 1.82) is 0 Å². The van der Waals surface area contributed by atoms with Crippen LogP contribution in [-0.4, -0.2) is 63.3 Å². The molecule has 0 radical (unpaired) electrons. The first-order valence-corrected chi connectivity index (χ1v) is 7.87. The molecule has 118 valence electrons. The Morgan fingerprint density at radius 1 is 1.40 bits per heavy atom. The molecule has 0 saturated carbocycles. The Hall–Kier alpha value is -0.650. The summed E-state index contributed by atoms with van der Waals surface area (Å²) in [6.45, 7) is 5.49. The molecule has 1 saturated heterocycles. The molecule has 1 amide bonds. The summed E-state index contributed by atoms with van der Waals surface area (Å²) in [4.78, 5) is 14.6. The Kier molecular flexibility index (Phi) is 8.82. The molecule has 0 aliphatic carbocycles.